The minimum absolute atomic E-state index is 0.0428. The average molecular weight is 360 g/mol. The molecular weight excluding hydrogens is 341 g/mol. The van der Waals surface area contributed by atoms with Crippen molar-refractivity contribution in [2.24, 2.45) is 16.7 Å². The number of rotatable bonds is 4. The standard InChI is InChI=1S/C16H19ClFNO3S/c1-15(2)10-5-6-16(15,14(20)7-10)9-23(21,22)19-11-3-4-13(18)12(17)8-11/h3-4,8,10,19H,5-7,9H2,1-2H3. The number of Topliss-reactive ketones (excluding diaryl/α,β-unsaturated/α-hetero) is 1. The first kappa shape index (κ1) is 16.7. The molecule has 0 spiro atoms. The van der Waals surface area contributed by atoms with Crippen molar-refractivity contribution in [1.29, 1.82) is 0 Å². The molecule has 2 saturated carbocycles. The molecule has 0 saturated heterocycles. The molecule has 2 unspecified atom stereocenters. The van der Waals surface area contributed by atoms with E-state index in [9.17, 15) is 17.6 Å². The number of hydrogen-bond donors (Lipinski definition) is 1. The molecule has 1 N–H and O–H groups in total. The highest BCUT2D eigenvalue weighted by Crippen LogP contribution is 2.64. The second-order valence-corrected chi connectivity index (χ2v) is 9.29. The number of carbonyl (C=O) groups is 1. The number of anilines is 1. The van der Waals surface area contributed by atoms with Gasteiger partial charge in [-0.05, 0) is 42.4 Å². The van der Waals surface area contributed by atoms with Gasteiger partial charge in [-0.3, -0.25) is 9.52 Å². The Kier molecular flexibility index (Phi) is 3.76. The van der Waals surface area contributed by atoms with E-state index in [1.54, 1.807) is 0 Å². The number of benzene rings is 1. The molecule has 2 bridgehead atoms. The quantitative estimate of drug-likeness (QED) is 0.893. The molecule has 4 nitrogen and oxygen atoms in total. The van der Waals surface area contributed by atoms with E-state index in [1.165, 1.54) is 12.1 Å². The molecule has 0 aliphatic heterocycles. The molecular formula is C16H19ClFNO3S. The summed E-state index contributed by atoms with van der Waals surface area (Å²) in [6, 6.07) is 3.65. The lowest BCUT2D eigenvalue weighted by molar-refractivity contribution is -0.128. The highest BCUT2D eigenvalue weighted by molar-refractivity contribution is 7.92. The Balaban J connectivity index is 1.86. The van der Waals surface area contributed by atoms with Gasteiger partial charge in [0.25, 0.3) is 0 Å². The van der Waals surface area contributed by atoms with E-state index in [4.69, 9.17) is 11.6 Å². The van der Waals surface area contributed by atoms with Crippen molar-refractivity contribution in [2.45, 2.75) is 33.1 Å². The highest BCUT2D eigenvalue weighted by Gasteiger charge is 2.65. The van der Waals surface area contributed by atoms with Gasteiger partial charge in [-0.25, -0.2) is 12.8 Å². The van der Waals surface area contributed by atoms with Crippen molar-refractivity contribution in [1.82, 2.24) is 0 Å². The largest absolute Gasteiger partial charge is 0.299 e. The summed E-state index contributed by atoms with van der Waals surface area (Å²) in [5.41, 5.74) is -0.947. The molecule has 1 aromatic carbocycles. The summed E-state index contributed by atoms with van der Waals surface area (Å²) in [4.78, 5) is 12.4. The number of carbonyl (C=O) groups excluding carboxylic acids is 1. The van der Waals surface area contributed by atoms with Crippen molar-refractivity contribution in [2.75, 3.05) is 10.5 Å². The van der Waals surface area contributed by atoms with E-state index in [2.05, 4.69) is 4.72 Å². The summed E-state index contributed by atoms with van der Waals surface area (Å²) in [6.07, 6.45) is 1.95. The fourth-order valence-corrected chi connectivity index (χ4v) is 6.27. The topological polar surface area (TPSA) is 63.2 Å². The summed E-state index contributed by atoms with van der Waals surface area (Å²) in [5.74, 6) is -0.553. The Labute approximate surface area is 140 Å². The van der Waals surface area contributed by atoms with E-state index >= 15 is 0 Å². The maximum atomic E-state index is 13.2. The van der Waals surface area contributed by atoms with Crippen molar-refractivity contribution in [3.05, 3.63) is 29.0 Å². The van der Waals surface area contributed by atoms with Crippen LogP contribution < -0.4 is 4.72 Å². The van der Waals surface area contributed by atoms with Crippen LogP contribution in [-0.2, 0) is 14.8 Å². The third-order valence-corrected chi connectivity index (χ3v) is 7.48. The van der Waals surface area contributed by atoms with Gasteiger partial charge in [0.1, 0.15) is 11.6 Å². The smallest absolute Gasteiger partial charge is 0.233 e. The Hall–Kier alpha value is -1.14. The van der Waals surface area contributed by atoms with Crippen LogP contribution in [0.15, 0.2) is 18.2 Å². The first-order chi connectivity index (χ1) is 10.6. The zero-order valence-corrected chi connectivity index (χ0v) is 14.6. The summed E-state index contributed by atoms with van der Waals surface area (Å²) in [5, 5.41) is -0.151. The van der Waals surface area contributed by atoms with Crippen LogP contribution in [0.4, 0.5) is 10.1 Å². The molecule has 23 heavy (non-hydrogen) atoms. The van der Waals surface area contributed by atoms with Crippen molar-refractivity contribution >= 4 is 33.1 Å². The molecule has 0 amide bonds. The van der Waals surface area contributed by atoms with Gasteiger partial charge in [-0.15, -0.1) is 0 Å². The second-order valence-electron chi connectivity index (χ2n) is 7.16. The maximum Gasteiger partial charge on any atom is 0.233 e. The average Bonchev–Trinajstić information content (AvgIpc) is 2.76. The first-order valence-corrected chi connectivity index (χ1v) is 9.59. The van der Waals surface area contributed by atoms with Crippen LogP contribution in [-0.4, -0.2) is 20.0 Å². The highest BCUT2D eigenvalue weighted by atomic mass is 35.5. The van der Waals surface area contributed by atoms with Crippen molar-refractivity contribution in [3.63, 3.8) is 0 Å². The number of halogens is 2. The Morgan fingerprint density at radius 1 is 1.39 bits per heavy atom. The Bertz CT molecular complexity index is 778. The number of fused-ring (bicyclic) bond motifs is 2. The summed E-state index contributed by atoms with van der Waals surface area (Å²) < 4.78 is 40.7. The van der Waals surface area contributed by atoms with Crippen LogP contribution in [0.25, 0.3) is 0 Å². The molecule has 0 heterocycles. The van der Waals surface area contributed by atoms with E-state index in [0.29, 0.717) is 12.8 Å². The van der Waals surface area contributed by atoms with E-state index in [-0.39, 0.29) is 33.6 Å². The molecule has 2 fully saturated rings. The van der Waals surface area contributed by atoms with Gasteiger partial charge in [0, 0.05) is 6.42 Å². The van der Waals surface area contributed by atoms with Crippen LogP contribution >= 0.6 is 11.6 Å². The van der Waals surface area contributed by atoms with Gasteiger partial charge in [0.05, 0.1) is 21.9 Å². The molecule has 2 aliphatic rings. The Morgan fingerprint density at radius 3 is 2.61 bits per heavy atom. The van der Waals surface area contributed by atoms with Crippen LogP contribution in [0.1, 0.15) is 33.1 Å². The minimum atomic E-state index is -3.75. The van der Waals surface area contributed by atoms with Gasteiger partial charge in [-0.2, -0.15) is 0 Å². The molecule has 2 aliphatic carbocycles. The molecule has 3 rings (SSSR count). The zero-order valence-electron chi connectivity index (χ0n) is 13.0. The molecule has 1 aromatic rings. The second kappa shape index (κ2) is 5.18. The summed E-state index contributed by atoms with van der Waals surface area (Å²) in [7, 11) is -3.75. The molecule has 7 heteroatoms. The fraction of sp³-hybridized carbons (Fsp3) is 0.562. The van der Waals surface area contributed by atoms with E-state index in [1.807, 2.05) is 13.8 Å². The predicted molar refractivity (Wildman–Crippen MR) is 87.4 cm³/mol. The lowest BCUT2D eigenvalue weighted by Crippen LogP contribution is -2.43. The third kappa shape index (κ3) is 2.56. The van der Waals surface area contributed by atoms with Crippen LogP contribution in [0, 0.1) is 22.6 Å². The molecule has 0 radical (unpaired) electrons. The molecule has 126 valence electrons. The fourth-order valence-electron chi connectivity index (χ4n) is 4.21. The first-order valence-electron chi connectivity index (χ1n) is 7.56. The van der Waals surface area contributed by atoms with Crippen molar-refractivity contribution in [3.8, 4) is 0 Å². The monoisotopic (exact) mass is 359 g/mol. The number of nitrogens with one attached hydrogen (secondary N) is 1. The third-order valence-electron chi connectivity index (χ3n) is 5.77. The number of hydrogen-bond acceptors (Lipinski definition) is 3. The number of ketones is 1. The summed E-state index contributed by atoms with van der Waals surface area (Å²) in [6.45, 7) is 3.97. The zero-order chi connectivity index (χ0) is 17.0. The van der Waals surface area contributed by atoms with Gasteiger partial charge in [0.2, 0.25) is 10.0 Å². The van der Waals surface area contributed by atoms with E-state index < -0.39 is 21.3 Å². The van der Waals surface area contributed by atoms with Gasteiger partial charge in [0.15, 0.2) is 0 Å². The van der Waals surface area contributed by atoms with Crippen LogP contribution in [0.5, 0.6) is 0 Å². The number of sulfonamides is 1. The van der Waals surface area contributed by atoms with Crippen LogP contribution in [0.3, 0.4) is 0 Å². The van der Waals surface area contributed by atoms with E-state index in [0.717, 1.165) is 12.5 Å². The van der Waals surface area contributed by atoms with Crippen molar-refractivity contribution < 1.29 is 17.6 Å². The van der Waals surface area contributed by atoms with Gasteiger partial charge >= 0.3 is 0 Å². The maximum absolute atomic E-state index is 13.2. The summed E-state index contributed by atoms with van der Waals surface area (Å²) >= 11 is 5.68. The van der Waals surface area contributed by atoms with Crippen LogP contribution in [0.2, 0.25) is 5.02 Å². The lowest BCUT2D eigenvalue weighted by atomic mass is 9.70. The van der Waals surface area contributed by atoms with Gasteiger partial charge < -0.3 is 0 Å². The molecule has 2 atom stereocenters. The molecule has 0 aromatic heterocycles. The normalized spacial score (nSPS) is 29.0. The predicted octanol–water partition coefficient (Wildman–Crippen LogP) is 3.62. The Morgan fingerprint density at radius 2 is 2.09 bits per heavy atom. The SMILES string of the molecule is CC1(C)C2CCC1(CS(=O)(=O)Nc1ccc(F)c(Cl)c1)C(=O)C2. The lowest BCUT2D eigenvalue weighted by Gasteiger charge is -2.36. The van der Waals surface area contributed by atoms with Gasteiger partial charge in [-0.1, -0.05) is 25.4 Å². The minimum Gasteiger partial charge on any atom is -0.299 e.